The number of urea groups is 1. The number of aromatic amines is 1. The van der Waals surface area contributed by atoms with Crippen LogP contribution in [0.1, 0.15) is 6.92 Å². The van der Waals surface area contributed by atoms with Gasteiger partial charge in [-0.05, 0) is 13.0 Å². The molecule has 3 rings (SSSR count). The van der Waals surface area contributed by atoms with E-state index < -0.39 is 29.5 Å². The van der Waals surface area contributed by atoms with Crippen LogP contribution in [0.5, 0.6) is 11.5 Å². The Morgan fingerprint density at radius 1 is 1.27 bits per heavy atom. The predicted octanol–water partition coefficient (Wildman–Crippen LogP) is 3.89. The lowest BCUT2D eigenvalue weighted by atomic mass is 10.2. The highest BCUT2D eigenvalue weighted by atomic mass is 35.5. The number of benzene rings is 1. The second-order valence-corrected chi connectivity index (χ2v) is 7.00. The van der Waals surface area contributed by atoms with Crippen LogP contribution in [0.3, 0.4) is 0 Å². The molecule has 0 aliphatic carbocycles. The Hall–Kier alpha value is -3.40. The van der Waals surface area contributed by atoms with Gasteiger partial charge in [0, 0.05) is 44.3 Å². The summed E-state index contributed by atoms with van der Waals surface area (Å²) in [6.07, 6.45) is 2.88. The average Bonchev–Trinajstić information content (AvgIpc) is 3.05. The zero-order valence-corrected chi connectivity index (χ0v) is 17.0. The Kier molecular flexibility index (Phi) is 6.06. The van der Waals surface area contributed by atoms with E-state index in [1.807, 2.05) is 0 Å². The Morgan fingerprint density at radius 3 is 2.57 bits per heavy atom. The van der Waals surface area contributed by atoms with E-state index in [0.717, 1.165) is 12.1 Å². The van der Waals surface area contributed by atoms with Gasteiger partial charge >= 0.3 is 6.03 Å². The van der Waals surface area contributed by atoms with E-state index in [9.17, 15) is 18.4 Å². The zero-order chi connectivity index (χ0) is 22.0. The number of amides is 3. The lowest BCUT2D eigenvalue weighted by molar-refractivity contribution is -0.130. The third-order valence-electron chi connectivity index (χ3n) is 4.11. The second kappa shape index (κ2) is 8.54. The highest BCUT2D eigenvalue weighted by molar-refractivity contribution is 6.36. The van der Waals surface area contributed by atoms with Crippen LogP contribution in [-0.2, 0) is 4.79 Å². The largest absolute Gasteiger partial charge is 0.450 e. The predicted molar refractivity (Wildman–Crippen MR) is 108 cm³/mol. The fraction of sp³-hybridized carbons (Fsp3) is 0.211. The number of halogens is 3. The standard InChI is InChI=1S/C19H18ClF2N5O3/c1-9(18(28)27(2)3)25-19(29)26-10-6-12(21)16(13(22)7-10)30-14-4-5-23-17-15(14)11(20)8-24-17/h4-9H,1-3H3,(H,23,24)(H2,25,26,29)/t9-/m0/s1. The van der Waals surface area contributed by atoms with Crippen molar-refractivity contribution in [3.8, 4) is 11.5 Å². The van der Waals surface area contributed by atoms with Crippen LogP contribution < -0.4 is 15.4 Å². The lowest BCUT2D eigenvalue weighted by Crippen LogP contribution is -2.45. The first kappa shape index (κ1) is 21.3. The van der Waals surface area contributed by atoms with E-state index in [1.165, 1.54) is 30.3 Å². The molecule has 0 spiro atoms. The van der Waals surface area contributed by atoms with Crippen molar-refractivity contribution in [3.05, 3.63) is 47.2 Å². The Labute approximate surface area is 175 Å². The molecule has 3 N–H and O–H groups in total. The smallest absolute Gasteiger partial charge is 0.319 e. The van der Waals surface area contributed by atoms with Gasteiger partial charge in [-0.25, -0.2) is 18.6 Å². The molecule has 158 valence electrons. The highest BCUT2D eigenvalue weighted by Crippen LogP contribution is 2.36. The average molecular weight is 438 g/mol. The SMILES string of the molecule is C[C@H](NC(=O)Nc1cc(F)c(Oc2ccnc3[nH]cc(Cl)c23)c(F)c1)C(=O)N(C)C. The monoisotopic (exact) mass is 437 g/mol. The first-order valence-electron chi connectivity index (χ1n) is 8.74. The molecule has 11 heteroatoms. The number of rotatable bonds is 5. The number of carbonyl (C=O) groups is 2. The van der Waals surface area contributed by atoms with E-state index in [1.54, 1.807) is 14.1 Å². The molecule has 0 radical (unpaired) electrons. The number of H-pyrrole nitrogens is 1. The van der Waals surface area contributed by atoms with Crippen LogP contribution in [0.15, 0.2) is 30.6 Å². The van der Waals surface area contributed by atoms with Crippen molar-refractivity contribution in [2.24, 2.45) is 0 Å². The Balaban J connectivity index is 1.78. The molecule has 0 saturated heterocycles. The summed E-state index contributed by atoms with van der Waals surface area (Å²) in [6.45, 7) is 1.49. The van der Waals surface area contributed by atoms with Crippen molar-refractivity contribution in [2.45, 2.75) is 13.0 Å². The fourth-order valence-corrected chi connectivity index (χ4v) is 2.96. The second-order valence-electron chi connectivity index (χ2n) is 6.59. The van der Waals surface area contributed by atoms with Crippen LogP contribution >= 0.6 is 11.6 Å². The molecular formula is C19H18ClF2N5O3. The number of hydrogen-bond acceptors (Lipinski definition) is 4. The zero-order valence-electron chi connectivity index (χ0n) is 16.2. The summed E-state index contributed by atoms with van der Waals surface area (Å²) in [5, 5.41) is 5.32. The number of ether oxygens (including phenoxy) is 1. The lowest BCUT2D eigenvalue weighted by Gasteiger charge is -2.18. The summed E-state index contributed by atoms with van der Waals surface area (Å²) in [7, 11) is 3.08. The van der Waals surface area contributed by atoms with Crippen molar-refractivity contribution in [2.75, 3.05) is 19.4 Å². The van der Waals surface area contributed by atoms with Gasteiger partial charge in [0.05, 0.1) is 10.4 Å². The van der Waals surface area contributed by atoms with E-state index >= 15 is 0 Å². The molecule has 3 amide bonds. The molecule has 8 nitrogen and oxygen atoms in total. The number of hydrogen-bond donors (Lipinski definition) is 3. The maximum absolute atomic E-state index is 14.5. The van der Waals surface area contributed by atoms with Crippen molar-refractivity contribution in [3.63, 3.8) is 0 Å². The number of aromatic nitrogens is 2. The minimum atomic E-state index is -1.04. The highest BCUT2D eigenvalue weighted by Gasteiger charge is 2.20. The summed E-state index contributed by atoms with van der Waals surface area (Å²) in [5.74, 6) is -2.97. The number of nitrogens with one attached hydrogen (secondary N) is 3. The van der Waals surface area contributed by atoms with Gasteiger partial charge in [-0.2, -0.15) is 0 Å². The van der Waals surface area contributed by atoms with E-state index in [2.05, 4.69) is 20.6 Å². The number of anilines is 1. The van der Waals surface area contributed by atoms with Gasteiger partial charge in [-0.15, -0.1) is 0 Å². The first-order chi connectivity index (χ1) is 14.2. The van der Waals surface area contributed by atoms with Crippen LogP contribution in [0, 0.1) is 11.6 Å². The Bertz CT molecular complexity index is 1100. The van der Waals surface area contributed by atoms with Gasteiger partial charge < -0.3 is 25.3 Å². The molecule has 0 aliphatic heterocycles. The third-order valence-corrected chi connectivity index (χ3v) is 4.41. The number of likely N-dealkylation sites (N-methyl/N-ethyl adjacent to an activating group) is 1. The van der Waals surface area contributed by atoms with Gasteiger partial charge in [0.15, 0.2) is 17.4 Å². The van der Waals surface area contributed by atoms with Gasteiger partial charge in [-0.1, -0.05) is 11.6 Å². The van der Waals surface area contributed by atoms with Crippen molar-refractivity contribution < 1.29 is 23.1 Å². The van der Waals surface area contributed by atoms with Crippen molar-refractivity contribution >= 4 is 40.3 Å². The van der Waals surface area contributed by atoms with E-state index in [-0.39, 0.29) is 22.4 Å². The van der Waals surface area contributed by atoms with E-state index in [4.69, 9.17) is 16.3 Å². The molecule has 1 atom stereocenters. The summed E-state index contributed by atoms with van der Waals surface area (Å²) >= 11 is 6.07. The summed E-state index contributed by atoms with van der Waals surface area (Å²) in [4.78, 5) is 32.0. The molecule has 0 unspecified atom stereocenters. The number of nitrogens with zero attached hydrogens (tertiary/aromatic N) is 2. The topological polar surface area (TPSA) is 99.3 Å². The molecule has 2 heterocycles. The molecule has 0 bridgehead atoms. The quantitative estimate of drug-likeness (QED) is 0.564. The maximum Gasteiger partial charge on any atom is 0.319 e. The molecular weight excluding hydrogens is 420 g/mol. The maximum atomic E-state index is 14.5. The molecule has 1 aromatic carbocycles. The summed E-state index contributed by atoms with van der Waals surface area (Å²) in [5.41, 5.74) is 0.244. The number of carbonyl (C=O) groups excluding carboxylic acids is 2. The first-order valence-corrected chi connectivity index (χ1v) is 9.12. The summed E-state index contributed by atoms with van der Waals surface area (Å²) in [6, 6.07) is 1.60. The van der Waals surface area contributed by atoms with Gasteiger partial charge in [0.25, 0.3) is 0 Å². The van der Waals surface area contributed by atoms with Crippen LogP contribution in [-0.4, -0.2) is 46.9 Å². The number of pyridine rings is 1. The molecule has 0 fully saturated rings. The Morgan fingerprint density at radius 2 is 1.93 bits per heavy atom. The molecule has 0 aliphatic rings. The molecule has 3 aromatic rings. The molecule has 0 saturated carbocycles. The fourth-order valence-electron chi connectivity index (χ4n) is 2.73. The number of fused-ring (bicyclic) bond motifs is 1. The third kappa shape index (κ3) is 4.43. The van der Waals surface area contributed by atoms with E-state index in [0.29, 0.717) is 11.0 Å². The van der Waals surface area contributed by atoms with Gasteiger partial charge in [0.1, 0.15) is 17.4 Å². The van der Waals surface area contributed by atoms with Gasteiger partial charge in [0.2, 0.25) is 5.91 Å². The van der Waals surface area contributed by atoms with Gasteiger partial charge in [-0.3, -0.25) is 4.79 Å². The molecule has 2 aromatic heterocycles. The van der Waals surface area contributed by atoms with Crippen LogP contribution in [0.2, 0.25) is 5.02 Å². The minimum Gasteiger partial charge on any atom is -0.450 e. The van der Waals surface area contributed by atoms with Crippen LogP contribution in [0.25, 0.3) is 11.0 Å². The molecule has 30 heavy (non-hydrogen) atoms. The minimum absolute atomic E-state index is 0.110. The normalized spacial score (nSPS) is 11.8. The van der Waals surface area contributed by atoms with Crippen molar-refractivity contribution in [1.29, 1.82) is 0 Å². The van der Waals surface area contributed by atoms with Crippen molar-refractivity contribution in [1.82, 2.24) is 20.2 Å². The van der Waals surface area contributed by atoms with Crippen LogP contribution in [0.4, 0.5) is 19.3 Å². The summed E-state index contributed by atoms with van der Waals surface area (Å²) < 4.78 is 34.4.